The topological polar surface area (TPSA) is 60.9 Å². The minimum absolute atomic E-state index is 0.0967. The first-order valence-corrected chi connectivity index (χ1v) is 8.88. The number of pyridine rings is 1. The number of fused-ring (bicyclic) bond motifs is 1. The van der Waals surface area contributed by atoms with E-state index in [9.17, 15) is 4.79 Å². The van der Waals surface area contributed by atoms with E-state index in [4.69, 9.17) is 14.2 Å². The van der Waals surface area contributed by atoms with Gasteiger partial charge in [-0.3, -0.25) is 9.78 Å². The SMILES string of the molecule is COc1ccc(CN(C)C(=O)c2cc3ccc(OC)cc3nc2C)c(OC)c1. The zero-order valence-corrected chi connectivity index (χ0v) is 16.8. The lowest BCUT2D eigenvalue weighted by molar-refractivity contribution is 0.0783. The van der Waals surface area contributed by atoms with Crippen molar-refractivity contribution in [2.75, 3.05) is 28.4 Å². The van der Waals surface area contributed by atoms with E-state index in [1.807, 2.05) is 49.4 Å². The Balaban J connectivity index is 1.88. The second-order valence-corrected chi connectivity index (χ2v) is 6.52. The van der Waals surface area contributed by atoms with Crippen LogP contribution in [0, 0.1) is 6.92 Å². The number of aromatic nitrogens is 1. The Morgan fingerprint density at radius 1 is 0.964 bits per heavy atom. The monoisotopic (exact) mass is 380 g/mol. The van der Waals surface area contributed by atoms with Crippen molar-refractivity contribution in [1.29, 1.82) is 0 Å². The standard InChI is InChI=1S/C22H24N2O4/c1-14-19(10-15-6-8-17(26-3)11-20(15)23-14)22(25)24(2)13-16-7-9-18(27-4)12-21(16)28-5/h6-12H,13H2,1-5H3. The molecule has 0 bridgehead atoms. The molecular weight excluding hydrogens is 356 g/mol. The van der Waals surface area contributed by atoms with Crippen molar-refractivity contribution in [2.24, 2.45) is 0 Å². The number of ether oxygens (including phenoxy) is 3. The molecule has 0 spiro atoms. The van der Waals surface area contributed by atoms with Gasteiger partial charge in [-0.05, 0) is 37.3 Å². The molecule has 1 heterocycles. The summed E-state index contributed by atoms with van der Waals surface area (Å²) < 4.78 is 15.9. The van der Waals surface area contributed by atoms with Crippen molar-refractivity contribution in [3.8, 4) is 17.2 Å². The van der Waals surface area contributed by atoms with Gasteiger partial charge in [0.05, 0.1) is 38.1 Å². The highest BCUT2D eigenvalue weighted by Gasteiger charge is 2.18. The third-order valence-corrected chi connectivity index (χ3v) is 4.69. The van der Waals surface area contributed by atoms with Crippen LogP contribution in [0.2, 0.25) is 0 Å². The van der Waals surface area contributed by atoms with Gasteiger partial charge >= 0.3 is 0 Å². The van der Waals surface area contributed by atoms with E-state index < -0.39 is 0 Å². The van der Waals surface area contributed by atoms with E-state index in [0.717, 1.165) is 22.2 Å². The molecule has 28 heavy (non-hydrogen) atoms. The van der Waals surface area contributed by atoms with Gasteiger partial charge in [0.15, 0.2) is 0 Å². The number of carbonyl (C=O) groups excluding carboxylic acids is 1. The van der Waals surface area contributed by atoms with Crippen LogP contribution in [0.3, 0.4) is 0 Å². The molecule has 0 saturated carbocycles. The highest BCUT2D eigenvalue weighted by Crippen LogP contribution is 2.27. The molecular formula is C22H24N2O4. The average molecular weight is 380 g/mol. The molecule has 0 atom stereocenters. The number of benzene rings is 2. The zero-order chi connectivity index (χ0) is 20.3. The van der Waals surface area contributed by atoms with Gasteiger partial charge in [0.1, 0.15) is 17.2 Å². The van der Waals surface area contributed by atoms with E-state index >= 15 is 0 Å². The Kier molecular flexibility index (Phi) is 5.68. The van der Waals surface area contributed by atoms with Gasteiger partial charge in [-0.1, -0.05) is 0 Å². The second kappa shape index (κ2) is 8.17. The molecule has 0 N–H and O–H groups in total. The van der Waals surface area contributed by atoms with Gasteiger partial charge in [0.25, 0.3) is 5.91 Å². The van der Waals surface area contributed by atoms with Crippen LogP contribution in [0.15, 0.2) is 42.5 Å². The van der Waals surface area contributed by atoms with Crippen LogP contribution in [-0.4, -0.2) is 44.2 Å². The summed E-state index contributed by atoms with van der Waals surface area (Å²) in [7, 11) is 6.60. The molecule has 0 radical (unpaired) electrons. The quantitative estimate of drug-likeness (QED) is 0.650. The molecule has 146 valence electrons. The summed E-state index contributed by atoms with van der Waals surface area (Å²) in [6.45, 7) is 2.25. The number of hydrogen-bond acceptors (Lipinski definition) is 5. The molecule has 3 rings (SSSR count). The largest absolute Gasteiger partial charge is 0.497 e. The van der Waals surface area contributed by atoms with E-state index in [1.54, 1.807) is 33.3 Å². The van der Waals surface area contributed by atoms with Crippen molar-refractivity contribution in [3.05, 3.63) is 59.3 Å². The van der Waals surface area contributed by atoms with Crippen molar-refractivity contribution in [2.45, 2.75) is 13.5 Å². The molecule has 2 aromatic carbocycles. The lowest BCUT2D eigenvalue weighted by atomic mass is 10.1. The second-order valence-electron chi connectivity index (χ2n) is 6.52. The van der Waals surface area contributed by atoms with Gasteiger partial charge in [-0.2, -0.15) is 0 Å². The van der Waals surface area contributed by atoms with Gasteiger partial charge in [0, 0.05) is 36.7 Å². The summed E-state index contributed by atoms with van der Waals surface area (Å²) in [5, 5.41) is 0.894. The summed E-state index contributed by atoms with van der Waals surface area (Å²) >= 11 is 0. The Labute approximate surface area is 164 Å². The molecule has 1 amide bonds. The van der Waals surface area contributed by atoms with Crippen LogP contribution in [-0.2, 0) is 6.54 Å². The summed E-state index contributed by atoms with van der Waals surface area (Å²) in [6, 6.07) is 13.1. The number of rotatable bonds is 6. The minimum Gasteiger partial charge on any atom is -0.497 e. The highest BCUT2D eigenvalue weighted by atomic mass is 16.5. The maximum Gasteiger partial charge on any atom is 0.255 e. The number of nitrogens with zero attached hydrogens (tertiary/aromatic N) is 2. The summed E-state index contributed by atoms with van der Waals surface area (Å²) in [5.41, 5.74) is 2.95. The Morgan fingerprint density at radius 3 is 2.32 bits per heavy atom. The highest BCUT2D eigenvalue weighted by molar-refractivity contribution is 5.98. The van der Waals surface area contributed by atoms with Crippen molar-refractivity contribution in [1.82, 2.24) is 9.88 Å². The predicted molar refractivity (Wildman–Crippen MR) is 108 cm³/mol. The smallest absolute Gasteiger partial charge is 0.255 e. The van der Waals surface area contributed by atoms with Crippen LogP contribution >= 0.6 is 0 Å². The maximum absolute atomic E-state index is 13.1. The van der Waals surface area contributed by atoms with E-state index in [2.05, 4.69) is 4.98 Å². The molecule has 0 unspecified atom stereocenters. The summed E-state index contributed by atoms with van der Waals surface area (Å²) in [6.07, 6.45) is 0. The van der Waals surface area contributed by atoms with Crippen LogP contribution in [0.1, 0.15) is 21.6 Å². The number of carbonyl (C=O) groups is 1. The number of methoxy groups -OCH3 is 3. The molecule has 0 aliphatic carbocycles. The fraction of sp³-hybridized carbons (Fsp3) is 0.273. The van der Waals surface area contributed by atoms with Gasteiger partial charge < -0.3 is 19.1 Å². The van der Waals surface area contributed by atoms with Crippen molar-refractivity contribution < 1.29 is 19.0 Å². The predicted octanol–water partition coefficient (Wildman–Crippen LogP) is 3.84. The number of amides is 1. The van der Waals surface area contributed by atoms with E-state index in [0.29, 0.717) is 29.3 Å². The van der Waals surface area contributed by atoms with E-state index in [1.165, 1.54) is 0 Å². The minimum atomic E-state index is -0.0967. The molecule has 0 aliphatic rings. The Bertz CT molecular complexity index is 1020. The maximum atomic E-state index is 13.1. The van der Waals surface area contributed by atoms with Gasteiger partial charge in [-0.15, -0.1) is 0 Å². The average Bonchev–Trinajstić information content (AvgIpc) is 2.72. The lowest BCUT2D eigenvalue weighted by Gasteiger charge is -2.20. The number of hydrogen-bond donors (Lipinski definition) is 0. The third-order valence-electron chi connectivity index (χ3n) is 4.69. The molecule has 6 heteroatoms. The normalized spacial score (nSPS) is 10.6. The molecule has 1 aromatic heterocycles. The van der Waals surface area contributed by atoms with Crippen molar-refractivity contribution >= 4 is 16.8 Å². The fourth-order valence-corrected chi connectivity index (χ4v) is 3.10. The number of aryl methyl sites for hydroxylation is 1. The summed E-state index contributed by atoms with van der Waals surface area (Å²) in [5.74, 6) is 2.03. The Morgan fingerprint density at radius 2 is 1.64 bits per heavy atom. The molecule has 0 fully saturated rings. The fourth-order valence-electron chi connectivity index (χ4n) is 3.10. The molecule has 6 nitrogen and oxygen atoms in total. The lowest BCUT2D eigenvalue weighted by Crippen LogP contribution is -2.27. The van der Waals surface area contributed by atoms with Gasteiger partial charge in [0.2, 0.25) is 0 Å². The van der Waals surface area contributed by atoms with Crippen LogP contribution < -0.4 is 14.2 Å². The van der Waals surface area contributed by atoms with Gasteiger partial charge in [-0.25, -0.2) is 0 Å². The van der Waals surface area contributed by atoms with Crippen LogP contribution in [0.5, 0.6) is 17.2 Å². The summed E-state index contributed by atoms with van der Waals surface area (Å²) in [4.78, 5) is 19.3. The van der Waals surface area contributed by atoms with E-state index in [-0.39, 0.29) is 5.91 Å². The molecule has 0 saturated heterocycles. The van der Waals surface area contributed by atoms with Crippen molar-refractivity contribution in [3.63, 3.8) is 0 Å². The first kappa shape index (κ1) is 19.5. The van der Waals surface area contributed by atoms with Crippen LogP contribution in [0.25, 0.3) is 10.9 Å². The molecule has 3 aromatic rings. The first-order valence-electron chi connectivity index (χ1n) is 8.88. The first-order chi connectivity index (χ1) is 13.5. The zero-order valence-electron chi connectivity index (χ0n) is 16.8. The Hall–Kier alpha value is -3.28. The molecule has 0 aliphatic heterocycles. The van der Waals surface area contributed by atoms with Crippen LogP contribution in [0.4, 0.5) is 0 Å². The third kappa shape index (κ3) is 3.86.